The number of hydrogen-bond acceptors (Lipinski definition) is 3. The number of H-pyrrole nitrogens is 1. The van der Waals surface area contributed by atoms with Crippen molar-refractivity contribution in [3.8, 4) is 11.4 Å². The molecule has 0 amide bonds. The molecule has 2 aromatic rings. The summed E-state index contributed by atoms with van der Waals surface area (Å²) >= 11 is 0. The molecule has 0 aromatic carbocycles. The summed E-state index contributed by atoms with van der Waals surface area (Å²) in [6.07, 6.45) is 2.97. The third-order valence-corrected chi connectivity index (χ3v) is 2.51. The molecule has 5 heteroatoms. The van der Waals surface area contributed by atoms with Crippen LogP contribution >= 0.6 is 0 Å². The van der Waals surface area contributed by atoms with Crippen LogP contribution in [-0.4, -0.2) is 20.7 Å². The highest BCUT2D eigenvalue weighted by atomic mass is 19.1. The number of hydrogen-bond donors (Lipinski definition) is 2. The van der Waals surface area contributed by atoms with Crippen LogP contribution in [0.4, 0.5) is 4.39 Å². The van der Waals surface area contributed by atoms with Crippen LogP contribution in [0.3, 0.4) is 0 Å². The number of nitrogens with one attached hydrogen (secondary N) is 2. The van der Waals surface area contributed by atoms with Crippen molar-refractivity contribution >= 4 is 0 Å². The molecule has 0 radical (unpaired) electrons. The number of nitrogens with zero attached hydrogens (tertiary/aromatic N) is 2. The van der Waals surface area contributed by atoms with Crippen molar-refractivity contribution < 1.29 is 4.39 Å². The first kappa shape index (κ1) is 12.7. The van der Waals surface area contributed by atoms with E-state index in [-0.39, 0.29) is 11.4 Å². The molecule has 0 spiro atoms. The maximum Gasteiger partial charge on any atom is 0.141 e. The summed E-state index contributed by atoms with van der Waals surface area (Å²) in [6.45, 7) is 6.99. The van der Waals surface area contributed by atoms with E-state index in [9.17, 15) is 4.39 Å². The number of aromatic amines is 1. The van der Waals surface area contributed by atoms with E-state index in [2.05, 4.69) is 41.3 Å². The Morgan fingerprint density at radius 2 is 2.06 bits per heavy atom. The summed E-state index contributed by atoms with van der Waals surface area (Å²) < 4.78 is 12.8. The summed E-state index contributed by atoms with van der Waals surface area (Å²) in [6, 6.07) is 3.04. The maximum absolute atomic E-state index is 12.8. The Labute approximate surface area is 106 Å². The van der Waals surface area contributed by atoms with Gasteiger partial charge in [0, 0.05) is 17.6 Å². The van der Waals surface area contributed by atoms with Gasteiger partial charge in [0.05, 0.1) is 23.8 Å². The fourth-order valence-electron chi connectivity index (χ4n) is 1.55. The molecule has 0 fully saturated rings. The SMILES string of the molecule is CC(C)(C)NCc1cn[nH]c1-c1ccc(F)cn1. The van der Waals surface area contributed by atoms with Crippen LogP contribution in [0.2, 0.25) is 0 Å². The van der Waals surface area contributed by atoms with E-state index >= 15 is 0 Å². The summed E-state index contributed by atoms with van der Waals surface area (Å²) in [5.74, 6) is -0.340. The lowest BCUT2D eigenvalue weighted by Crippen LogP contribution is -2.35. The first-order valence-electron chi connectivity index (χ1n) is 5.85. The Morgan fingerprint density at radius 3 is 2.67 bits per heavy atom. The van der Waals surface area contributed by atoms with Crippen LogP contribution in [0.15, 0.2) is 24.5 Å². The van der Waals surface area contributed by atoms with Crippen LogP contribution in [0.25, 0.3) is 11.4 Å². The van der Waals surface area contributed by atoms with E-state index in [1.165, 1.54) is 12.3 Å². The minimum absolute atomic E-state index is 0.0325. The van der Waals surface area contributed by atoms with Gasteiger partial charge in [-0.1, -0.05) is 0 Å². The highest BCUT2D eigenvalue weighted by Gasteiger charge is 2.13. The van der Waals surface area contributed by atoms with Crippen molar-refractivity contribution in [1.29, 1.82) is 0 Å². The fraction of sp³-hybridized carbons (Fsp3) is 0.385. The summed E-state index contributed by atoms with van der Waals surface area (Å²) in [7, 11) is 0. The van der Waals surface area contributed by atoms with Crippen molar-refractivity contribution in [3.63, 3.8) is 0 Å². The normalized spacial score (nSPS) is 11.8. The second-order valence-corrected chi connectivity index (χ2v) is 5.24. The van der Waals surface area contributed by atoms with Crippen LogP contribution in [-0.2, 0) is 6.54 Å². The topological polar surface area (TPSA) is 53.6 Å². The first-order valence-corrected chi connectivity index (χ1v) is 5.85. The highest BCUT2D eigenvalue weighted by molar-refractivity contribution is 5.57. The number of rotatable bonds is 3. The molecule has 2 aromatic heterocycles. The molecule has 0 bridgehead atoms. The maximum atomic E-state index is 12.8. The monoisotopic (exact) mass is 248 g/mol. The highest BCUT2D eigenvalue weighted by Crippen LogP contribution is 2.19. The third-order valence-electron chi connectivity index (χ3n) is 2.51. The Balaban J connectivity index is 2.20. The van der Waals surface area contributed by atoms with E-state index in [0.29, 0.717) is 12.2 Å². The molecule has 0 aliphatic rings. The second kappa shape index (κ2) is 4.86. The van der Waals surface area contributed by atoms with Crippen molar-refractivity contribution in [2.24, 2.45) is 0 Å². The van der Waals surface area contributed by atoms with Crippen molar-refractivity contribution in [3.05, 3.63) is 35.9 Å². The molecular formula is C13H17FN4. The van der Waals surface area contributed by atoms with E-state index in [1.54, 1.807) is 12.3 Å². The first-order chi connectivity index (χ1) is 8.46. The fourth-order valence-corrected chi connectivity index (χ4v) is 1.55. The number of pyridine rings is 1. The zero-order valence-corrected chi connectivity index (χ0v) is 10.8. The molecule has 0 unspecified atom stereocenters. The van der Waals surface area contributed by atoms with Gasteiger partial charge in [-0.2, -0.15) is 5.10 Å². The second-order valence-electron chi connectivity index (χ2n) is 5.24. The molecule has 0 aliphatic heterocycles. The van der Waals surface area contributed by atoms with Crippen LogP contribution in [0.5, 0.6) is 0 Å². The lowest BCUT2D eigenvalue weighted by atomic mass is 10.1. The molecule has 0 atom stereocenters. The zero-order chi connectivity index (χ0) is 13.2. The van der Waals surface area contributed by atoms with Gasteiger partial charge in [0.15, 0.2) is 0 Å². The van der Waals surface area contributed by atoms with Gasteiger partial charge in [-0.15, -0.1) is 0 Å². The molecule has 4 nitrogen and oxygen atoms in total. The molecule has 2 heterocycles. The Morgan fingerprint density at radius 1 is 1.28 bits per heavy atom. The number of halogens is 1. The van der Waals surface area contributed by atoms with E-state index in [1.807, 2.05) is 0 Å². The summed E-state index contributed by atoms with van der Waals surface area (Å²) in [5, 5.41) is 10.3. The van der Waals surface area contributed by atoms with Gasteiger partial charge in [0.25, 0.3) is 0 Å². The van der Waals surface area contributed by atoms with Gasteiger partial charge in [-0.05, 0) is 32.9 Å². The lowest BCUT2D eigenvalue weighted by molar-refractivity contribution is 0.424. The van der Waals surface area contributed by atoms with Crippen molar-refractivity contribution in [1.82, 2.24) is 20.5 Å². The van der Waals surface area contributed by atoms with Crippen LogP contribution in [0, 0.1) is 5.82 Å². The van der Waals surface area contributed by atoms with Crippen LogP contribution in [0.1, 0.15) is 26.3 Å². The van der Waals surface area contributed by atoms with Gasteiger partial charge in [-0.25, -0.2) is 4.39 Å². The van der Waals surface area contributed by atoms with Crippen molar-refractivity contribution in [2.75, 3.05) is 0 Å². The van der Waals surface area contributed by atoms with Gasteiger partial charge >= 0.3 is 0 Å². The van der Waals surface area contributed by atoms with Gasteiger partial charge < -0.3 is 5.32 Å². The van der Waals surface area contributed by atoms with Gasteiger partial charge in [0.1, 0.15) is 5.82 Å². The molecule has 18 heavy (non-hydrogen) atoms. The standard InChI is InChI=1S/C13H17FN4/c1-13(2,3)16-6-9-7-17-18-12(9)11-5-4-10(14)8-15-11/h4-5,7-8,16H,6H2,1-3H3,(H,17,18). The molecule has 2 N–H and O–H groups in total. The summed E-state index contributed by atoms with van der Waals surface area (Å²) in [4.78, 5) is 4.05. The Bertz CT molecular complexity index is 511. The van der Waals surface area contributed by atoms with E-state index in [0.717, 1.165) is 11.3 Å². The lowest BCUT2D eigenvalue weighted by Gasteiger charge is -2.20. The molecule has 96 valence electrons. The van der Waals surface area contributed by atoms with Crippen LogP contribution < -0.4 is 5.32 Å². The van der Waals surface area contributed by atoms with Crippen molar-refractivity contribution in [2.45, 2.75) is 32.9 Å². The molecule has 0 saturated heterocycles. The quantitative estimate of drug-likeness (QED) is 0.877. The molecular weight excluding hydrogens is 231 g/mol. The smallest absolute Gasteiger partial charge is 0.141 e. The van der Waals surface area contributed by atoms with E-state index in [4.69, 9.17) is 0 Å². The molecule has 2 rings (SSSR count). The third kappa shape index (κ3) is 3.13. The van der Waals surface area contributed by atoms with Gasteiger partial charge in [-0.3, -0.25) is 10.1 Å². The summed E-state index contributed by atoms with van der Waals surface area (Å²) in [5.41, 5.74) is 2.57. The zero-order valence-electron chi connectivity index (χ0n) is 10.8. The van der Waals surface area contributed by atoms with E-state index < -0.39 is 0 Å². The predicted molar refractivity (Wildman–Crippen MR) is 68.4 cm³/mol. The average molecular weight is 248 g/mol. The minimum Gasteiger partial charge on any atom is -0.308 e. The van der Waals surface area contributed by atoms with Gasteiger partial charge in [0.2, 0.25) is 0 Å². The predicted octanol–water partition coefficient (Wildman–Crippen LogP) is 2.50. The molecule has 0 saturated carbocycles. The average Bonchev–Trinajstić information content (AvgIpc) is 2.75. The Hall–Kier alpha value is -1.75. The largest absolute Gasteiger partial charge is 0.308 e. The minimum atomic E-state index is -0.340. The number of aromatic nitrogens is 3. The Kier molecular flexibility index (Phi) is 3.43. The molecule has 0 aliphatic carbocycles.